The molecule has 10 nitrogen and oxygen atoms in total. The van der Waals surface area contributed by atoms with Crippen molar-refractivity contribution in [1.29, 1.82) is 0 Å². The first-order chi connectivity index (χ1) is 20.4. The van der Waals surface area contributed by atoms with Gasteiger partial charge in [-0.05, 0) is 59.9 Å². The first-order valence-electron chi connectivity index (χ1n) is 15.4. The Kier molecular flexibility index (Phi) is 9.87. The van der Waals surface area contributed by atoms with Crippen molar-refractivity contribution < 1.29 is 23.8 Å². The van der Waals surface area contributed by atoms with E-state index in [1.807, 2.05) is 96.4 Å². The van der Waals surface area contributed by atoms with E-state index in [0.29, 0.717) is 55.6 Å². The highest BCUT2D eigenvalue weighted by Gasteiger charge is 2.33. The van der Waals surface area contributed by atoms with E-state index in [9.17, 15) is 9.59 Å². The molecular weight excluding hydrogens is 546 g/mol. The zero-order valence-electron chi connectivity index (χ0n) is 26.9. The van der Waals surface area contributed by atoms with Gasteiger partial charge in [0, 0.05) is 37.9 Å². The van der Waals surface area contributed by atoms with Crippen LogP contribution in [0.15, 0.2) is 42.6 Å². The van der Waals surface area contributed by atoms with Gasteiger partial charge in [-0.2, -0.15) is 0 Å². The van der Waals surface area contributed by atoms with Crippen LogP contribution in [0.1, 0.15) is 98.2 Å². The monoisotopic (exact) mass is 593 g/mol. The van der Waals surface area contributed by atoms with Crippen molar-refractivity contribution in [3.05, 3.63) is 53.9 Å². The fourth-order valence-corrected chi connectivity index (χ4v) is 4.85. The van der Waals surface area contributed by atoms with Crippen molar-refractivity contribution >= 4 is 23.5 Å². The van der Waals surface area contributed by atoms with Crippen molar-refractivity contribution in [2.75, 3.05) is 18.0 Å². The third-order valence-electron chi connectivity index (χ3n) is 6.92. The van der Waals surface area contributed by atoms with Gasteiger partial charge < -0.3 is 19.1 Å². The maximum atomic E-state index is 13.6. The van der Waals surface area contributed by atoms with Gasteiger partial charge in [-0.1, -0.05) is 44.2 Å². The fourth-order valence-electron chi connectivity index (χ4n) is 4.85. The van der Waals surface area contributed by atoms with Crippen LogP contribution < -0.4 is 9.64 Å². The van der Waals surface area contributed by atoms with Gasteiger partial charge in [0.05, 0.1) is 24.1 Å². The summed E-state index contributed by atoms with van der Waals surface area (Å²) in [5.41, 5.74) is 1.91. The zero-order valence-corrected chi connectivity index (χ0v) is 26.9. The molecule has 234 valence electrons. The van der Waals surface area contributed by atoms with Crippen molar-refractivity contribution in [1.82, 2.24) is 19.5 Å². The van der Waals surface area contributed by atoms with Crippen LogP contribution in [0, 0.1) is 0 Å². The van der Waals surface area contributed by atoms with Crippen LogP contribution in [0.2, 0.25) is 0 Å². The summed E-state index contributed by atoms with van der Waals surface area (Å²) in [5, 5.41) is 4.83. The SMILES string of the molecule is CC.CC(C)(C)OC(=O)N1CCC(Oc2cc(N(Cc3ccccc3)C(=O)OC(C)(C)C)c3ncc(C4CC4)n3n2)CC1. The number of carbonyl (C=O) groups is 2. The Balaban J connectivity index is 0.00000207. The molecule has 1 aliphatic carbocycles. The summed E-state index contributed by atoms with van der Waals surface area (Å²) in [6, 6.07) is 11.6. The van der Waals surface area contributed by atoms with Gasteiger partial charge in [-0.15, -0.1) is 5.10 Å². The largest absolute Gasteiger partial charge is 0.473 e. The lowest BCUT2D eigenvalue weighted by molar-refractivity contribution is 0.0122. The Morgan fingerprint density at radius 3 is 2.14 bits per heavy atom. The summed E-state index contributed by atoms with van der Waals surface area (Å²) in [4.78, 5) is 34.2. The summed E-state index contributed by atoms with van der Waals surface area (Å²) < 4.78 is 19.6. The Bertz CT molecular complexity index is 1380. The van der Waals surface area contributed by atoms with E-state index in [-0.39, 0.29) is 12.2 Å². The minimum Gasteiger partial charge on any atom is -0.473 e. The average Bonchev–Trinajstić information content (AvgIpc) is 3.70. The molecule has 0 atom stereocenters. The molecule has 3 heterocycles. The lowest BCUT2D eigenvalue weighted by atomic mass is 10.1. The minimum absolute atomic E-state index is 0.136. The van der Waals surface area contributed by atoms with Crippen molar-refractivity contribution in [2.24, 2.45) is 0 Å². The normalized spacial score (nSPS) is 15.9. The van der Waals surface area contributed by atoms with Crippen molar-refractivity contribution in [3.8, 4) is 5.88 Å². The summed E-state index contributed by atoms with van der Waals surface area (Å²) in [7, 11) is 0. The Hall–Kier alpha value is -3.82. The van der Waals surface area contributed by atoms with Crippen LogP contribution in [0.25, 0.3) is 5.65 Å². The highest BCUT2D eigenvalue weighted by molar-refractivity contribution is 5.92. The van der Waals surface area contributed by atoms with Gasteiger partial charge in [0.25, 0.3) is 0 Å². The number of nitrogens with zero attached hydrogens (tertiary/aromatic N) is 5. The van der Waals surface area contributed by atoms with Gasteiger partial charge >= 0.3 is 12.2 Å². The van der Waals surface area contributed by atoms with Crippen LogP contribution in [-0.2, 0) is 16.0 Å². The molecule has 1 aromatic carbocycles. The quantitative estimate of drug-likeness (QED) is 0.295. The molecule has 1 saturated carbocycles. The highest BCUT2D eigenvalue weighted by atomic mass is 16.6. The van der Waals surface area contributed by atoms with Crippen LogP contribution in [0.4, 0.5) is 15.3 Å². The Labute approximate surface area is 255 Å². The summed E-state index contributed by atoms with van der Waals surface area (Å²) in [5.74, 6) is 0.798. The van der Waals surface area contributed by atoms with Crippen LogP contribution >= 0.6 is 0 Å². The summed E-state index contributed by atoms with van der Waals surface area (Å²) in [6.07, 6.45) is 4.39. The second-order valence-corrected chi connectivity index (χ2v) is 12.9. The molecule has 0 N–H and O–H groups in total. The average molecular weight is 594 g/mol. The maximum absolute atomic E-state index is 13.6. The molecule has 5 rings (SSSR count). The van der Waals surface area contributed by atoms with Gasteiger partial charge in [0.2, 0.25) is 5.88 Å². The Morgan fingerprint density at radius 1 is 0.930 bits per heavy atom. The van der Waals surface area contributed by atoms with Gasteiger partial charge in [0.1, 0.15) is 17.3 Å². The van der Waals surface area contributed by atoms with Crippen molar-refractivity contribution in [2.45, 2.75) is 111 Å². The number of hydrogen-bond acceptors (Lipinski definition) is 7. The molecule has 2 aromatic heterocycles. The van der Waals surface area contributed by atoms with E-state index in [0.717, 1.165) is 24.1 Å². The van der Waals surface area contributed by atoms with Crippen LogP contribution in [0.3, 0.4) is 0 Å². The molecule has 2 aliphatic rings. The number of ether oxygens (including phenoxy) is 3. The second kappa shape index (κ2) is 13.2. The molecule has 10 heteroatoms. The molecule has 0 spiro atoms. The molecule has 2 fully saturated rings. The van der Waals surface area contributed by atoms with Crippen molar-refractivity contribution in [3.63, 3.8) is 0 Å². The molecule has 1 saturated heterocycles. The number of anilines is 1. The zero-order chi connectivity index (χ0) is 31.4. The molecule has 0 unspecified atom stereocenters. The summed E-state index contributed by atoms with van der Waals surface area (Å²) in [6.45, 7) is 16.5. The topological polar surface area (TPSA) is 98.5 Å². The highest BCUT2D eigenvalue weighted by Crippen LogP contribution is 2.41. The fraction of sp³-hybridized carbons (Fsp3) is 0.576. The third-order valence-corrected chi connectivity index (χ3v) is 6.92. The lowest BCUT2D eigenvalue weighted by Gasteiger charge is -2.33. The molecule has 2 amide bonds. The second-order valence-electron chi connectivity index (χ2n) is 12.9. The first-order valence-corrected chi connectivity index (χ1v) is 15.4. The van der Waals surface area contributed by atoms with Crippen LogP contribution in [0.5, 0.6) is 5.88 Å². The van der Waals surface area contributed by atoms with Crippen LogP contribution in [-0.4, -0.2) is 62.1 Å². The lowest BCUT2D eigenvalue weighted by Crippen LogP contribution is -2.44. The molecule has 43 heavy (non-hydrogen) atoms. The minimum atomic E-state index is -0.675. The smallest absolute Gasteiger partial charge is 0.415 e. The van der Waals surface area contributed by atoms with E-state index in [1.165, 1.54) is 0 Å². The first kappa shape index (κ1) is 32.1. The van der Waals surface area contributed by atoms with E-state index >= 15 is 0 Å². The van der Waals surface area contributed by atoms with Gasteiger partial charge in [0.15, 0.2) is 5.65 Å². The Morgan fingerprint density at radius 2 is 1.56 bits per heavy atom. The maximum Gasteiger partial charge on any atom is 0.415 e. The number of aromatic nitrogens is 3. The number of fused-ring (bicyclic) bond motifs is 1. The number of likely N-dealkylation sites (tertiary alicyclic amines) is 1. The predicted molar refractivity (Wildman–Crippen MR) is 167 cm³/mol. The predicted octanol–water partition coefficient (Wildman–Crippen LogP) is 7.35. The van der Waals surface area contributed by atoms with E-state index in [1.54, 1.807) is 15.9 Å². The van der Waals surface area contributed by atoms with Gasteiger partial charge in [-0.3, -0.25) is 4.90 Å². The number of benzene rings is 1. The molecular formula is C33H47N5O5. The molecule has 1 aliphatic heterocycles. The molecule has 0 bridgehead atoms. The van der Waals surface area contributed by atoms with E-state index in [2.05, 4.69) is 0 Å². The molecule has 3 aromatic rings. The summed E-state index contributed by atoms with van der Waals surface area (Å²) >= 11 is 0. The number of piperidine rings is 1. The standard InChI is InChI=1S/C31H41N5O5.C2H6/c1-30(2,3)40-28(37)34-16-14-23(15-17-34)39-26-18-24(27-32-19-25(22-12-13-22)36(27)33-26)35(29(38)41-31(4,5)6)20-21-10-8-7-9-11-21;1-2/h7-11,18-19,22-23H,12-17,20H2,1-6H3;1-2H3. The number of amides is 2. The van der Waals surface area contributed by atoms with E-state index in [4.69, 9.17) is 24.3 Å². The number of carbonyl (C=O) groups excluding carboxylic acids is 2. The number of rotatable bonds is 6. The van der Waals surface area contributed by atoms with Gasteiger partial charge in [-0.25, -0.2) is 19.1 Å². The third kappa shape index (κ3) is 8.61. The number of hydrogen-bond donors (Lipinski definition) is 0. The molecule has 0 radical (unpaired) electrons. The van der Waals surface area contributed by atoms with E-state index < -0.39 is 17.3 Å². The number of imidazole rings is 1.